The molecule has 0 amide bonds. The van der Waals surface area contributed by atoms with Crippen LogP contribution in [0.25, 0.3) is 0 Å². The molecule has 0 saturated carbocycles. The molecule has 1 aliphatic carbocycles. The standard InChI is InChI=1S/C42H53ClN2O14S3/c1-41(18-6-26-60(48,49)50)33-27-31(61(51,52)53)11-13-35(33)44(20-24-58-4)37(41)15-9-29-7-5-8-30(40(29)43)10-16-38-42(2,19-23-57-3)34-28-32(62(54,55)56)12-14-36(34)45(38)21-25-59-22-17-39(46)47/h9-16,27-28H,5-8,17-26H2,1-4H3,(H3-,46,47,48,49,50,51,52,53,54,55,56)/p-2. The summed E-state index contributed by atoms with van der Waals surface area (Å²) in [6.07, 6.45) is 9.73. The Kier molecular flexibility index (Phi) is 15.9. The first-order chi connectivity index (χ1) is 29.0. The molecular formula is C42H51ClN2O14S3-2. The summed E-state index contributed by atoms with van der Waals surface area (Å²) in [7, 11) is -11.1. The Morgan fingerprint density at radius 3 is 2.15 bits per heavy atom. The molecule has 0 bridgehead atoms. The van der Waals surface area contributed by atoms with Gasteiger partial charge in [-0.2, -0.15) is 4.58 Å². The van der Waals surface area contributed by atoms with Crippen molar-refractivity contribution >= 4 is 65.0 Å². The van der Waals surface area contributed by atoms with E-state index in [2.05, 4.69) is 0 Å². The number of carbonyl (C=O) groups is 1. The molecule has 16 nitrogen and oxygen atoms in total. The zero-order valence-corrected chi connectivity index (χ0v) is 38.1. The third kappa shape index (κ3) is 11.3. The maximum atomic E-state index is 12.2. The molecule has 2 unspecified atom stereocenters. The van der Waals surface area contributed by atoms with Gasteiger partial charge < -0.3 is 37.9 Å². The Morgan fingerprint density at radius 2 is 1.52 bits per heavy atom. The van der Waals surface area contributed by atoms with E-state index in [1.807, 2.05) is 47.6 Å². The van der Waals surface area contributed by atoms with Crippen LogP contribution >= 0.6 is 11.6 Å². The number of rotatable bonds is 21. The summed E-state index contributed by atoms with van der Waals surface area (Å²) in [6.45, 7) is 5.02. The highest BCUT2D eigenvalue weighted by Crippen LogP contribution is 2.51. The number of anilines is 1. The number of fused-ring (bicyclic) bond motifs is 2. The van der Waals surface area contributed by atoms with Gasteiger partial charge in [0, 0.05) is 72.7 Å². The second-order valence-electron chi connectivity index (χ2n) is 15.7. The van der Waals surface area contributed by atoms with Crippen molar-refractivity contribution in [3.63, 3.8) is 0 Å². The van der Waals surface area contributed by atoms with Crippen molar-refractivity contribution < 1.29 is 67.6 Å². The van der Waals surface area contributed by atoms with Crippen molar-refractivity contribution in [3.8, 4) is 0 Å². The lowest BCUT2D eigenvalue weighted by Crippen LogP contribution is -2.32. The van der Waals surface area contributed by atoms with Gasteiger partial charge in [-0.25, -0.2) is 25.3 Å². The van der Waals surface area contributed by atoms with Crippen molar-refractivity contribution in [2.24, 2.45) is 0 Å². The van der Waals surface area contributed by atoms with Gasteiger partial charge in [-0.15, -0.1) is 0 Å². The molecule has 20 heteroatoms. The van der Waals surface area contributed by atoms with E-state index in [-0.39, 0.29) is 50.5 Å². The van der Waals surface area contributed by atoms with Crippen molar-refractivity contribution in [2.75, 3.05) is 64.4 Å². The molecule has 340 valence electrons. The van der Waals surface area contributed by atoms with Gasteiger partial charge in [0.05, 0.1) is 45.0 Å². The van der Waals surface area contributed by atoms with Crippen LogP contribution in [0.5, 0.6) is 0 Å². The van der Waals surface area contributed by atoms with Gasteiger partial charge in [-0.05, 0) is 105 Å². The van der Waals surface area contributed by atoms with Gasteiger partial charge in [0.25, 0.3) is 0 Å². The average molecular weight is 940 g/mol. The van der Waals surface area contributed by atoms with E-state index in [4.69, 9.17) is 30.9 Å². The Morgan fingerprint density at radius 1 is 0.855 bits per heavy atom. The largest absolute Gasteiger partial charge is 0.748 e. The number of carboxylic acids is 1. The van der Waals surface area contributed by atoms with Crippen molar-refractivity contribution in [1.29, 1.82) is 0 Å². The first kappa shape index (κ1) is 49.3. The number of ether oxygens (including phenoxy) is 3. The van der Waals surface area contributed by atoms with Gasteiger partial charge in [-0.3, -0.25) is 4.79 Å². The molecule has 2 heterocycles. The summed E-state index contributed by atoms with van der Waals surface area (Å²) >= 11 is 7.18. The lowest BCUT2D eigenvalue weighted by molar-refractivity contribution is -0.441. The number of benzene rings is 2. The maximum Gasteiger partial charge on any atom is 0.305 e. The molecule has 3 aliphatic rings. The predicted molar refractivity (Wildman–Crippen MR) is 228 cm³/mol. The van der Waals surface area contributed by atoms with Crippen LogP contribution in [0, 0.1) is 0 Å². The third-order valence-electron chi connectivity index (χ3n) is 11.7. The zero-order chi connectivity index (χ0) is 45.7. The minimum absolute atomic E-state index is 0.0101. The molecule has 62 heavy (non-hydrogen) atoms. The summed E-state index contributed by atoms with van der Waals surface area (Å²) in [6, 6.07) is 8.29. The van der Waals surface area contributed by atoms with Gasteiger partial charge in [0.2, 0.25) is 5.69 Å². The zero-order valence-electron chi connectivity index (χ0n) is 34.9. The molecule has 0 aromatic heterocycles. The van der Waals surface area contributed by atoms with Crippen molar-refractivity contribution in [3.05, 3.63) is 93.7 Å². The van der Waals surface area contributed by atoms with Gasteiger partial charge in [0.15, 0.2) is 12.3 Å². The monoisotopic (exact) mass is 938 g/mol. The van der Waals surface area contributed by atoms with Crippen LogP contribution in [0.3, 0.4) is 0 Å². The number of hydrogen-bond donors (Lipinski definition) is 1. The highest BCUT2D eigenvalue weighted by atomic mass is 35.5. The molecule has 1 N–H and O–H groups in total. The van der Waals surface area contributed by atoms with E-state index in [0.717, 1.165) is 16.8 Å². The smallest absolute Gasteiger partial charge is 0.305 e. The quantitative estimate of drug-likeness (QED) is 0.0964. The fourth-order valence-electron chi connectivity index (χ4n) is 8.46. The minimum atomic E-state index is -4.85. The van der Waals surface area contributed by atoms with Gasteiger partial charge >= 0.3 is 5.97 Å². The fourth-order valence-corrected chi connectivity index (χ4v) is 10.3. The predicted octanol–water partition coefficient (Wildman–Crippen LogP) is 5.17. The first-order valence-corrected chi connectivity index (χ1v) is 24.6. The lowest BCUT2D eigenvalue weighted by Gasteiger charge is -2.30. The minimum Gasteiger partial charge on any atom is -0.748 e. The summed E-state index contributed by atoms with van der Waals surface area (Å²) in [4.78, 5) is 12.2. The number of hydrogen-bond acceptors (Lipinski definition) is 14. The number of halogens is 1. The second-order valence-corrected chi connectivity index (χ2v) is 20.4. The van der Waals surface area contributed by atoms with Crippen LogP contribution in [0.1, 0.15) is 69.9 Å². The number of methoxy groups -OCH3 is 2. The highest BCUT2D eigenvalue weighted by Gasteiger charge is 2.48. The van der Waals surface area contributed by atoms with Crippen LogP contribution < -0.4 is 4.90 Å². The van der Waals surface area contributed by atoms with Crippen LogP contribution in [0.4, 0.5) is 11.4 Å². The molecule has 2 atom stereocenters. The van der Waals surface area contributed by atoms with Crippen molar-refractivity contribution in [2.45, 2.75) is 79.4 Å². The molecule has 2 aromatic rings. The average Bonchev–Trinajstić information content (AvgIpc) is 3.56. The van der Waals surface area contributed by atoms with E-state index >= 15 is 0 Å². The number of nitrogens with zero attached hydrogens (tertiary/aromatic N) is 2. The number of aliphatic carboxylic acids is 1. The molecule has 2 aliphatic heterocycles. The summed E-state index contributed by atoms with van der Waals surface area (Å²) < 4.78 is 126. The molecule has 2 aromatic carbocycles. The molecular weight excluding hydrogens is 888 g/mol. The summed E-state index contributed by atoms with van der Waals surface area (Å²) in [5, 5.41) is 9.55. The van der Waals surface area contributed by atoms with E-state index in [0.29, 0.717) is 72.1 Å². The van der Waals surface area contributed by atoms with E-state index in [1.54, 1.807) is 13.2 Å². The Labute approximate surface area is 368 Å². The van der Waals surface area contributed by atoms with E-state index in [1.165, 1.54) is 37.4 Å². The maximum absolute atomic E-state index is 12.2. The van der Waals surface area contributed by atoms with Crippen LogP contribution in [-0.4, -0.2) is 120 Å². The SMILES string of the molecule is COCC[N+]1=C(C=CC2=C(Cl)C(=CC=C3N(CCOCCC(=O)O)c4ccc(S(=O)(=O)[O-])cc4C3(C)CCOC)CCC2)C(C)(CCCS(=O)(=O)[O-])c2cc(S(=O)(=O)[O-])ccc21. The fraction of sp³-hybridized carbons (Fsp3) is 0.476. The second kappa shape index (κ2) is 20.0. The molecule has 0 saturated heterocycles. The normalized spacial score (nSPS) is 22.1. The third-order valence-corrected chi connectivity index (χ3v) is 14.6. The van der Waals surface area contributed by atoms with E-state index in [9.17, 15) is 43.7 Å². The summed E-state index contributed by atoms with van der Waals surface area (Å²) in [5.74, 6) is -1.64. The van der Waals surface area contributed by atoms with Gasteiger partial charge in [0.1, 0.15) is 26.8 Å². The molecule has 0 fully saturated rings. The van der Waals surface area contributed by atoms with Crippen LogP contribution in [0.15, 0.2) is 92.4 Å². The summed E-state index contributed by atoms with van der Waals surface area (Å²) in [5.41, 5.74) is 3.41. The number of allylic oxidation sites excluding steroid dienone is 8. The lowest BCUT2D eigenvalue weighted by atomic mass is 9.75. The molecule has 5 rings (SSSR count). The molecule has 0 spiro atoms. The topological polar surface area (TPSA) is 243 Å². The highest BCUT2D eigenvalue weighted by molar-refractivity contribution is 7.86. The van der Waals surface area contributed by atoms with Crippen molar-refractivity contribution in [1.82, 2.24) is 0 Å². The Balaban J connectivity index is 1.59. The van der Waals surface area contributed by atoms with Crippen LogP contribution in [-0.2, 0) is 60.2 Å². The molecule has 0 radical (unpaired) electrons. The number of carboxylic acid groups (broad SMARTS) is 1. The Bertz CT molecular complexity index is 2550. The van der Waals surface area contributed by atoms with Crippen LogP contribution in [0.2, 0.25) is 0 Å². The first-order valence-electron chi connectivity index (χ1n) is 19.9. The Hall–Kier alpha value is -3.76. The van der Waals surface area contributed by atoms with Gasteiger partial charge in [-0.1, -0.05) is 23.8 Å². The van der Waals surface area contributed by atoms with E-state index < -0.39 is 57.8 Å².